The summed E-state index contributed by atoms with van der Waals surface area (Å²) in [5, 5.41) is 14.4. The molecule has 0 radical (unpaired) electrons. The lowest BCUT2D eigenvalue weighted by Crippen LogP contribution is -2.39. The molecule has 1 saturated heterocycles. The zero-order chi connectivity index (χ0) is 13.2. The number of rotatable bonds is 2. The monoisotopic (exact) mass is 294 g/mol. The minimum Gasteiger partial charge on any atom is -0.393 e. The predicted molar refractivity (Wildman–Crippen MR) is 76.6 cm³/mol. The Morgan fingerprint density at radius 2 is 2.21 bits per heavy atom. The van der Waals surface area contributed by atoms with E-state index in [0.717, 1.165) is 10.6 Å². The third kappa shape index (κ3) is 2.70. The maximum atomic E-state index is 12.3. The Kier molecular flexibility index (Phi) is 3.63. The normalized spacial score (nSPS) is 16.8. The highest BCUT2D eigenvalue weighted by Gasteiger charge is 2.23. The van der Waals surface area contributed by atoms with Crippen LogP contribution < -0.4 is 0 Å². The fraction of sp³-hybridized carbons (Fsp3) is 0.385. The summed E-state index contributed by atoms with van der Waals surface area (Å²) < 4.78 is 0. The first-order valence-electron chi connectivity index (χ1n) is 6.20. The molecule has 0 unspecified atom stereocenters. The zero-order valence-electron chi connectivity index (χ0n) is 10.3. The van der Waals surface area contributed by atoms with Crippen molar-refractivity contribution in [3.05, 3.63) is 27.9 Å². The van der Waals surface area contributed by atoms with Crippen LogP contribution in [0, 0.1) is 0 Å². The Balaban J connectivity index is 1.74. The Bertz CT molecular complexity index is 557. The predicted octanol–water partition coefficient (Wildman–Crippen LogP) is 2.47. The van der Waals surface area contributed by atoms with Crippen molar-refractivity contribution in [2.45, 2.75) is 18.9 Å². The number of amides is 1. The van der Waals surface area contributed by atoms with Crippen molar-refractivity contribution in [1.82, 2.24) is 9.88 Å². The van der Waals surface area contributed by atoms with E-state index in [1.54, 1.807) is 22.4 Å². The van der Waals surface area contributed by atoms with Gasteiger partial charge in [0.25, 0.3) is 5.91 Å². The number of nitrogens with zero attached hydrogens (tertiary/aromatic N) is 2. The van der Waals surface area contributed by atoms with E-state index in [9.17, 15) is 9.90 Å². The average molecular weight is 294 g/mol. The number of thiophene rings is 1. The third-order valence-corrected chi connectivity index (χ3v) is 4.95. The molecule has 0 saturated carbocycles. The number of thiazole rings is 1. The second-order valence-electron chi connectivity index (χ2n) is 4.57. The van der Waals surface area contributed by atoms with Crippen molar-refractivity contribution >= 4 is 28.6 Å². The molecule has 0 aromatic carbocycles. The highest BCUT2D eigenvalue weighted by atomic mass is 32.1. The SMILES string of the molecule is O=C(c1cnc(-c2ccsc2)s1)N1CCC(O)CC1. The molecule has 4 nitrogen and oxygen atoms in total. The molecule has 1 amide bonds. The number of likely N-dealkylation sites (tertiary alicyclic amines) is 1. The van der Waals surface area contributed by atoms with Crippen LogP contribution in [0.1, 0.15) is 22.5 Å². The fourth-order valence-electron chi connectivity index (χ4n) is 2.12. The molecule has 0 spiro atoms. The molecule has 2 aromatic rings. The van der Waals surface area contributed by atoms with Gasteiger partial charge in [0.15, 0.2) is 0 Å². The number of hydrogen-bond acceptors (Lipinski definition) is 5. The van der Waals surface area contributed by atoms with Gasteiger partial charge in [0, 0.05) is 24.0 Å². The summed E-state index contributed by atoms with van der Waals surface area (Å²) in [6.45, 7) is 1.26. The largest absolute Gasteiger partial charge is 0.393 e. The first-order chi connectivity index (χ1) is 9.24. The van der Waals surface area contributed by atoms with Crippen LogP contribution in [0.3, 0.4) is 0 Å². The van der Waals surface area contributed by atoms with Crippen LogP contribution in [-0.4, -0.2) is 40.1 Å². The van der Waals surface area contributed by atoms with Gasteiger partial charge in [-0.05, 0) is 24.3 Å². The number of hydrogen-bond donors (Lipinski definition) is 1. The molecule has 0 aliphatic carbocycles. The van der Waals surface area contributed by atoms with Gasteiger partial charge in [0.1, 0.15) is 9.88 Å². The van der Waals surface area contributed by atoms with E-state index in [1.165, 1.54) is 11.3 Å². The van der Waals surface area contributed by atoms with Crippen molar-refractivity contribution in [3.8, 4) is 10.6 Å². The number of aromatic nitrogens is 1. The van der Waals surface area contributed by atoms with Gasteiger partial charge in [0.05, 0.1) is 12.3 Å². The molecule has 2 aromatic heterocycles. The van der Waals surface area contributed by atoms with Crippen molar-refractivity contribution < 1.29 is 9.90 Å². The van der Waals surface area contributed by atoms with Crippen molar-refractivity contribution in [3.63, 3.8) is 0 Å². The molecule has 0 bridgehead atoms. The Morgan fingerprint density at radius 1 is 1.42 bits per heavy atom. The molecular formula is C13H14N2O2S2. The van der Waals surface area contributed by atoms with Crippen LogP contribution in [0.5, 0.6) is 0 Å². The molecule has 100 valence electrons. The highest BCUT2D eigenvalue weighted by molar-refractivity contribution is 7.17. The molecule has 1 aliphatic heterocycles. The molecule has 3 rings (SSSR count). The van der Waals surface area contributed by atoms with Crippen LogP contribution in [0.2, 0.25) is 0 Å². The number of carbonyl (C=O) groups is 1. The lowest BCUT2D eigenvalue weighted by Gasteiger charge is -2.29. The fourth-order valence-corrected chi connectivity index (χ4v) is 3.71. The third-order valence-electron chi connectivity index (χ3n) is 3.24. The lowest BCUT2D eigenvalue weighted by atomic mass is 10.1. The number of aliphatic hydroxyl groups excluding tert-OH is 1. The first-order valence-corrected chi connectivity index (χ1v) is 7.96. The number of aliphatic hydroxyl groups is 1. The van der Waals surface area contributed by atoms with E-state index in [4.69, 9.17) is 0 Å². The van der Waals surface area contributed by atoms with E-state index >= 15 is 0 Å². The Labute approximate surface area is 119 Å². The van der Waals surface area contributed by atoms with Crippen LogP contribution >= 0.6 is 22.7 Å². The smallest absolute Gasteiger partial charge is 0.265 e. The average Bonchev–Trinajstić information content (AvgIpc) is 3.10. The molecular weight excluding hydrogens is 280 g/mol. The molecule has 3 heterocycles. The van der Waals surface area contributed by atoms with E-state index in [-0.39, 0.29) is 12.0 Å². The summed E-state index contributed by atoms with van der Waals surface area (Å²) in [5.74, 6) is 0.0332. The van der Waals surface area contributed by atoms with Gasteiger partial charge in [-0.3, -0.25) is 4.79 Å². The zero-order valence-corrected chi connectivity index (χ0v) is 11.9. The lowest BCUT2D eigenvalue weighted by molar-refractivity contribution is 0.0550. The van der Waals surface area contributed by atoms with E-state index in [2.05, 4.69) is 4.98 Å². The Hall–Kier alpha value is -1.24. The summed E-state index contributed by atoms with van der Waals surface area (Å²) in [6, 6.07) is 2.01. The van der Waals surface area contributed by atoms with Crippen molar-refractivity contribution in [1.29, 1.82) is 0 Å². The van der Waals surface area contributed by atoms with Crippen molar-refractivity contribution in [2.24, 2.45) is 0 Å². The van der Waals surface area contributed by atoms with Crippen molar-refractivity contribution in [2.75, 3.05) is 13.1 Å². The van der Waals surface area contributed by atoms with Crippen LogP contribution in [-0.2, 0) is 0 Å². The first kappa shape index (κ1) is 12.8. The number of carbonyl (C=O) groups excluding carboxylic acids is 1. The summed E-state index contributed by atoms with van der Waals surface area (Å²) >= 11 is 3.06. The molecule has 1 N–H and O–H groups in total. The highest BCUT2D eigenvalue weighted by Crippen LogP contribution is 2.28. The van der Waals surface area contributed by atoms with Gasteiger partial charge in [0.2, 0.25) is 0 Å². The summed E-state index contributed by atoms with van der Waals surface area (Å²) in [7, 11) is 0. The molecule has 1 aliphatic rings. The summed E-state index contributed by atoms with van der Waals surface area (Å²) in [5.41, 5.74) is 1.07. The van der Waals surface area contributed by atoms with Crippen LogP contribution in [0.25, 0.3) is 10.6 Å². The van der Waals surface area contributed by atoms with Gasteiger partial charge in [-0.1, -0.05) is 0 Å². The molecule has 19 heavy (non-hydrogen) atoms. The van der Waals surface area contributed by atoms with E-state index in [1.807, 2.05) is 16.8 Å². The Morgan fingerprint density at radius 3 is 2.89 bits per heavy atom. The number of piperidine rings is 1. The van der Waals surface area contributed by atoms with Gasteiger partial charge >= 0.3 is 0 Å². The second-order valence-corrected chi connectivity index (χ2v) is 6.38. The van der Waals surface area contributed by atoms with Gasteiger partial charge < -0.3 is 10.0 Å². The minimum absolute atomic E-state index is 0.0332. The standard InChI is InChI=1S/C13H14N2O2S2/c16-10-1-4-15(5-2-10)13(17)11-7-14-12(19-11)9-3-6-18-8-9/h3,6-8,10,16H,1-2,4-5H2. The second kappa shape index (κ2) is 5.40. The van der Waals surface area contributed by atoms with E-state index < -0.39 is 0 Å². The summed E-state index contributed by atoms with van der Waals surface area (Å²) in [6.07, 6.45) is 2.74. The molecule has 0 atom stereocenters. The van der Waals surface area contributed by atoms with Gasteiger partial charge in [-0.2, -0.15) is 11.3 Å². The maximum Gasteiger partial charge on any atom is 0.265 e. The van der Waals surface area contributed by atoms with Gasteiger partial charge in [-0.25, -0.2) is 4.98 Å². The minimum atomic E-state index is -0.258. The topological polar surface area (TPSA) is 53.4 Å². The van der Waals surface area contributed by atoms with E-state index in [0.29, 0.717) is 30.8 Å². The quantitative estimate of drug-likeness (QED) is 0.925. The van der Waals surface area contributed by atoms with Crippen LogP contribution in [0.15, 0.2) is 23.0 Å². The molecule has 1 fully saturated rings. The molecule has 6 heteroatoms. The maximum absolute atomic E-state index is 12.3. The van der Waals surface area contributed by atoms with Crippen LogP contribution in [0.4, 0.5) is 0 Å². The van der Waals surface area contributed by atoms with Gasteiger partial charge in [-0.15, -0.1) is 11.3 Å². The summed E-state index contributed by atoms with van der Waals surface area (Å²) in [4.78, 5) is 19.1.